The molecule has 0 saturated heterocycles. The van der Waals surface area contributed by atoms with Gasteiger partial charge >= 0.3 is 5.97 Å². The monoisotopic (exact) mass is 443 g/mol. The van der Waals surface area contributed by atoms with Crippen LogP contribution >= 0.6 is 0 Å². The molecule has 33 heavy (non-hydrogen) atoms. The third-order valence-corrected chi connectivity index (χ3v) is 5.31. The molecule has 4 rings (SSSR count). The lowest BCUT2D eigenvalue weighted by atomic mass is 9.84. The predicted molar refractivity (Wildman–Crippen MR) is 121 cm³/mol. The van der Waals surface area contributed by atoms with E-state index >= 15 is 0 Å². The van der Waals surface area contributed by atoms with Gasteiger partial charge in [0.1, 0.15) is 5.75 Å². The number of fused-ring (bicyclic) bond motifs is 2. The van der Waals surface area contributed by atoms with Crippen LogP contribution in [0.3, 0.4) is 0 Å². The molecule has 1 atom stereocenters. The summed E-state index contributed by atoms with van der Waals surface area (Å²) in [5.74, 6) is -1.24. The molecule has 1 amide bonds. The fourth-order valence-electron chi connectivity index (χ4n) is 3.56. The van der Waals surface area contributed by atoms with Crippen molar-refractivity contribution < 1.29 is 28.7 Å². The Labute approximate surface area is 190 Å². The van der Waals surface area contributed by atoms with Crippen LogP contribution in [0, 0.1) is 6.92 Å². The molecule has 1 unspecified atom stereocenters. The van der Waals surface area contributed by atoms with Crippen LogP contribution < -0.4 is 10.1 Å². The molecule has 1 aliphatic carbocycles. The van der Waals surface area contributed by atoms with Gasteiger partial charge in [-0.1, -0.05) is 42.5 Å². The van der Waals surface area contributed by atoms with Gasteiger partial charge in [0.15, 0.2) is 24.3 Å². The Morgan fingerprint density at radius 2 is 1.45 bits per heavy atom. The van der Waals surface area contributed by atoms with Crippen LogP contribution in [0.5, 0.6) is 5.75 Å². The molecule has 1 aliphatic rings. The molecule has 0 saturated carbocycles. The number of amides is 1. The van der Waals surface area contributed by atoms with Crippen molar-refractivity contribution >= 4 is 29.1 Å². The third-order valence-electron chi connectivity index (χ3n) is 5.31. The molecule has 0 bridgehead atoms. The maximum Gasteiger partial charge on any atom is 0.344 e. The van der Waals surface area contributed by atoms with Crippen molar-refractivity contribution in [1.82, 2.24) is 0 Å². The fourth-order valence-corrected chi connectivity index (χ4v) is 3.56. The minimum absolute atomic E-state index is 0.216. The van der Waals surface area contributed by atoms with E-state index in [0.29, 0.717) is 22.6 Å². The Hall–Kier alpha value is -4.26. The van der Waals surface area contributed by atoms with Crippen LogP contribution in [-0.4, -0.2) is 36.2 Å². The van der Waals surface area contributed by atoms with Gasteiger partial charge in [0.25, 0.3) is 5.91 Å². The molecule has 0 radical (unpaired) electrons. The van der Waals surface area contributed by atoms with Crippen molar-refractivity contribution in [2.45, 2.75) is 20.0 Å². The van der Waals surface area contributed by atoms with Crippen LogP contribution in [0.4, 0.5) is 5.69 Å². The van der Waals surface area contributed by atoms with Gasteiger partial charge in [-0.15, -0.1) is 0 Å². The van der Waals surface area contributed by atoms with Crippen LogP contribution in [0.2, 0.25) is 0 Å². The Balaban J connectivity index is 1.39. The number of rotatable bonds is 6. The summed E-state index contributed by atoms with van der Waals surface area (Å²) in [6.45, 7) is 2.95. The van der Waals surface area contributed by atoms with E-state index < -0.39 is 18.0 Å². The molecule has 0 fully saturated rings. The van der Waals surface area contributed by atoms with Gasteiger partial charge in [0.05, 0.1) is 0 Å². The standard InChI is InChI=1S/C26H21NO6/c1-15-7-3-6-10-22(15)32-14-23(28)33-16(2)26(31)27-17-11-12-20-21(13-17)25(30)19-9-5-4-8-18(19)24(20)29/h3-13,16H,14H2,1-2H3,(H,27,31). The van der Waals surface area contributed by atoms with Crippen LogP contribution in [0.1, 0.15) is 44.3 Å². The number of esters is 1. The number of nitrogens with one attached hydrogen (secondary N) is 1. The van der Waals surface area contributed by atoms with Gasteiger partial charge in [-0.05, 0) is 43.7 Å². The van der Waals surface area contributed by atoms with E-state index in [-0.39, 0.29) is 29.3 Å². The van der Waals surface area contributed by atoms with E-state index in [1.165, 1.54) is 25.1 Å². The molecule has 0 heterocycles. The maximum atomic E-state index is 12.8. The number of carbonyl (C=O) groups excluding carboxylic acids is 4. The van der Waals surface area contributed by atoms with E-state index in [4.69, 9.17) is 9.47 Å². The third kappa shape index (κ3) is 4.52. The number of hydrogen-bond donors (Lipinski definition) is 1. The quantitative estimate of drug-likeness (QED) is 0.456. The van der Waals surface area contributed by atoms with Gasteiger partial charge in [-0.3, -0.25) is 14.4 Å². The van der Waals surface area contributed by atoms with Crippen molar-refractivity contribution in [2.75, 3.05) is 11.9 Å². The Morgan fingerprint density at radius 3 is 2.15 bits per heavy atom. The summed E-state index contributed by atoms with van der Waals surface area (Å²) in [7, 11) is 0. The first-order chi connectivity index (χ1) is 15.8. The first kappa shape index (κ1) is 22.0. The highest BCUT2D eigenvalue weighted by Crippen LogP contribution is 2.29. The molecular weight excluding hydrogens is 422 g/mol. The maximum absolute atomic E-state index is 12.8. The first-order valence-electron chi connectivity index (χ1n) is 10.4. The smallest absolute Gasteiger partial charge is 0.344 e. The predicted octanol–water partition coefficient (Wildman–Crippen LogP) is 3.72. The minimum atomic E-state index is -1.09. The number of carbonyl (C=O) groups is 4. The highest BCUT2D eigenvalue weighted by atomic mass is 16.6. The zero-order chi connectivity index (χ0) is 23.5. The largest absolute Gasteiger partial charge is 0.482 e. The molecule has 3 aromatic rings. The Kier molecular flexibility index (Phi) is 6.04. The van der Waals surface area contributed by atoms with Crippen LogP contribution in [0.25, 0.3) is 0 Å². The zero-order valence-corrected chi connectivity index (χ0v) is 18.1. The van der Waals surface area contributed by atoms with E-state index in [1.54, 1.807) is 36.4 Å². The molecule has 166 valence electrons. The van der Waals surface area contributed by atoms with Gasteiger partial charge in [0.2, 0.25) is 0 Å². The van der Waals surface area contributed by atoms with Crippen molar-refractivity contribution in [1.29, 1.82) is 0 Å². The molecule has 0 aromatic heterocycles. The van der Waals surface area contributed by atoms with Crippen LogP contribution in [-0.2, 0) is 14.3 Å². The van der Waals surface area contributed by atoms with E-state index in [9.17, 15) is 19.2 Å². The second kappa shape index (κ2) is 9.08. The summed E-state index contributed by atoms with van der Waals surface area (Å²) < 4.78 is 10.6. The van der Waals surface area contributed by atoms with Crippen molar-refractivity contribution in [2.24, 2.45) is 0 Å². The van der Waals surface area contributed by atoms with Gasteiger partial charge in [-0.25, -0.2) is 4.79 Å². The van der Waals surface area contributed by atoms with Crippen LogP contribution in [0.15, 0.2) is 66.7 Å². The topological polar surface area (TPSA) is 98.8 Å². The Morgan fingerprint density at radius 1 is 0.848 bits per heavy atom. The molecular formula is C26H21NO6. The average Bonchev–Trinajstić information content (AvgIpc) is 2.82. The number of anilines is 1. The first-order valence-corrected chi connectivity index (χ1v) is 10.4. The lowest BCUT2D eigenvalue weighted by Gasteiger charge is -2.19. The normalized spacial score (nSPS) is 12.9. The van der Waals surface area contributed by atoms with E-state index in [2.05, 4.69) is 5.32 Å². The van der Waals surface area contributed by atoms with E-state index in [1.807, 2.05) is 19.1 Å². The van der Waals surface area contributed by atoms with Crippen molar-refractivity contribution in [3.63, 3.8) is 0 Å². The summed E-state index contributed by atoms with van der Waals surface area (Å²) in [4.78, 5) is 50.1. The second-order valence-corrected chi connectivity index (χ2v) is 7.64. The summed E-state index contributed by atoms with van der Waals surface area (Å²) >= 11 is 0. The van der Waals surface area contributed by atoms with Gasteiger partial charge in [0, 0.05) is 27.9 Å². The SMILES string of the molecule is Cc1ccccc1OCC(=O)OC(C)C(=O)Nc1ccc2c(c1)C(=O)c1ccccc1C2=O. The number of hydrogen-bond acceptors (Lipinski definition) is 6. The average molecular weight is 443 g/mol. The van der Waals surface area contributed by atoms with Crippen molar-refractivity contribution in [3.05, 3.63) is 94.5 Å². The molecule has 0 aliphatic heterocycles. The zero-order valence-electron chi connectivity index (χ0n) is 18.1. The number of ketones is 2. The summed E-state index contributed by atoms with van der Waals surface area (Å²) in [5, 5.41) is 2.62. The number of benzene rings is 3. The number of para-hydroxylation sites is 1. The van der Waals surface area contributed by atoms with E-state index in [0.717, 1.165) is 5.56 Å². The minimum Gasteiger partial charge on any atom is -0.482 e. The molecule has 7 heteroatoms. The van der Waals surface area contributed by atoms with Crippen molar-refractivity contribution in [3.8, 4) is 5.75 Å². The fraction of sp³-hybridized carbons (Fsp3) is 0.154. The summed E-state index contributed by atoms with van der Waals surface area (Å²) in [5.41, 5.74) is 2.38. The molecule has 3 aromatic carbocycles. The highest BCUT2D eigenvalue weighted by Gasteiger charge is 2.29. The number of aryl methyl sites for hydroxylation is 1. The van der Waals surface area contributed by atoms with Gasteiger partial charge < -0.3 is 14.8 Å². The van der Waals surface area contributed by atoms with Gasteiger partial charge in [-0.2, -0.15) is 0 Å². The molecule has 0 spiro atoms. The second-order valence-electron chi connectivity index (χ2n) is 7.64. The number of ether oxygens (including phenoxy) is 2. The molecule has 1 N–H and O–H groups in total. The summed E-state index contributed by atoms with van der Waals surface area (Å²) in [6.07, 6.45) is -1.09. The Bertz CT molecular complexity index is 1280. The lowest BCUT2D eigenvalue weighted by Crippen LogP contribution is -2.32. The highest BCUT2D eigenvalue weighted by molar-refractivity contribution is 6.28. The summed E-state index contributed by atoms with van der Waals surface area (Å²) in [6, 6.07) is 18.4. The molecule has 7 nitrogen and oxygen atoms in total. The lowest BCUT2D eigenvalue weighted by molar-refractivity contribution is -0.155.